The van der Waals surface area contributed by atoms with Crippen LogP contribution in [-0.4, -0.2) is 19.2 Å². The maximum Gasteiger partial charge on any atom is 0.0952 e. The lowest BCUT2D eigenvalue weighted by Crippen LogP contribution is -2.33. The highest BCUT2D eigenvalue weighted by Gasteiger charge is 2.20. The zero-order valence-electron chi connectivity index (χ0n) is 11.6. The zero-order valence-corrected chi connectivity index (χ0v) is 11.6. The molecule has 0 amide bonds. The van der Waals surface area contributed by atoms with Gasteiger partial charge in [0.2, 0.25) is 0 Å². The second-order valence-electron chi connectivity index (χ2n) is 5.26. The third-order valence-electron chi connectivity index (χ3n) is 3.73. The topological polar surface area (TPSA) is 21.3 Å². The Labute approximate surface area is 111 Å². The quantitative estimate of drug-likeness (QED) is 0.831. The van der Waals surface area contributed by atoms with E-state index in [1.807, 2.05) is 0 Å². The summed E-state index contributed by atoms with van der Waals surface area (Å²) in [5.74, 6) is 0. The predicted molar refractivity (Wildman–Crippen MR) is 75.8 cm³/mol. The molecule has 1 aromatic carbocycles. The van der Waals surface area contributed by atoms with Crippen molar-refractivity contribution in [3.05, 3.63) is 35.4 Å². The minimum Gasteiger partial charge on any atom is -0.372 e. The van der Waals surface area contributed by atoms with Gasteiger partial charge >= 0.3 is 0 Å². The first-order chi connectivity index (χ1) is 8.81. The van der Waals surface area contributed by atoms with Crippen LogP contribution in [-0.2, 0) is 11.2 Å². The van der Waals surface area contributed by atoms with Crippen molar-refractivity contribution in [1.29, 1.82) is 0 Å². The predicted octanol–water partition coefficient (Wildman–Crippen LogP) is 3.47. The number of hydrogen-bond acceptors (Lipinski definition) is 2. The molecule has 0 aromatic heterocycles. The summed E-state index contributed by atoms with van der Waals surface area (Å²) >= 11 is 0. The largest absolute Gasteiger partial charge is 0.372 e. The summed E-state index contributed by atoms with van der Waals surface area (Å²) in [6, 6.07) is 9.25. The van der Waals surface area contributed by atoms with Crippen molar-refractivity contribution in [2.45, 2.75) is 51.7 Å². The lowest BCUT2D eigenvalue weighted by atomic mass is 9.97. The van der Waals surface area contributed by atoms with Crippen molar-refractivity contribution in [3.63, 3.8) is 0 Å². The van der Waals surface area contributed by atoms with Gasteiger partial charge in [-0.25, -0.2) is 0 Å². The van der Waals surface area contributed by atoms with Crippen molar-refractivity contribution in [3.8, 4) is 0 Å². The third-order valence-corrected chi connectivity index (χ3v) is 3.73. The van der Waals surface area contributed by atoms with Crippen molar-refractivity contribution >= 4 is 0 Å². The van der Waals surface area contributed by atoms with Gasteiger partial charge in [-0.1, -0.05) is 44.0 Å². The molecule has 0 saturated heterocycles. The number of nitrogens with one attached hydrogen (secondary N) is 1. The van der Waals surface area contributed by atoms with E-state index in [4.69, 9.17) is 4.74 Å². The second-order valence-corrected chi connectivity index (χ2v) is 5.26. The standard InChI is InChI=1S/C16H25NO/c1-3-4-7-13(2)17-12-16-15-9-6-5-8-14(15)10-11-18-16/h5-6,8-9,13,16-17H,3-4,7,10-12H2,1-2H3. The van der Waals surface area contributed by atoms with Crippen LogP contribution < -0.4 is 5.32 Å². The van der Waals surface area contributed by atoms with E-state index in [0.717, 1.165) is 19.6 Å². The van der Waals surface area contributed by atoms with Gasteiger partial charge in [-0.2, -0.15) is 0 Å². The summed E-state index contributed by atoms with van der Waals surface area (Å²) in [6.45, 7) is 6.30. The molecule has 0 fully saturated rings. The Morgan fingerprint density at radius 1 is 1.39 bits per heavy atom. The highest BCUT2D eigenvalue weighted by Crippen LogP contribution is 2.26. The van der Waals surface area contributed by atoms with Gasteiger partial charge in [0.15, 0.2) is 0 Å². The average molecular weight is 247 g/mol. The maximum atomic E-state index is 5.90. The smallest absolute Gasteiger partial charge is 0.0952 e. The molecule has 1 aromatic rings. The summed E-state index contributed by atoms with van der Waals surface area (Å²) in [5, 5.41) is 3.60. The van der Waals surface area contributed by atoms with E-state index < -0.39 is 0 Å². The number of ether oxygens (including phenoxy) is 1. The van der Waals surface area contributed by atoms with Gasteiger partial charge in [-0.15, -0.1) is 0 Å². The van der Waals surface area contributed by atoms with E-state index in [2.05, 4.69) is 43.4 Å². The maximum absolute atomic E-state index is 5.90. The Morgan fingerprint density at radius 2 is 2.22 bits per heavy atom. The van der Waals surface area contributed by atoms with E-state index >= 15 is 0 Å². The van der Waals surface area contributed by atoms with Crippen LogP contribution in [0, 0.1) is 0 Å². The Kier molecular flexibility index (Phi) is 5.21. The summed E-state index contributed by atoms with van der Waals surface area (Å²) in [4.78, 5) is 0. The molecule has 18 heavy (non-hydrogen) atoms. The molecular weight excluding hydrogens is 222 g/mol. The Morgan fingerprint density at radius 3 is 3.06 bits per heavy atom. The molecular formula is C16H25NO. The third kappa shape index (κ3) is 3.56. The van der Waals surface area contributed by atoms with Crippen LogP contribution in [0.4, 0.5) is 0 Å². The average Bonchev–Trinajstić information content (AvgIpc) is 2.42. The van der Waals surface area contributed by atoms with Gasteiger partial charge in [-0.3, -0.25) is 0 Å². The van der Waals surface area contributed by atoms with E-state index in [-0.39, 0.29) is 6.10 Å². The fourth-order valence-electron chi connectivity index (χ4n) is 2.57. The number of benzene rings is 1. The second kappa shape index (κ2) is 6.91. The van der Waals surface area contributed by atoms with Crippen LogP contribution in [0.1, 0.15) is 50.3 Å². The first-order valence-corrected chi connectivity index (χ1v) is 7.24. The van der Waals surface area contributed by atoms with Gasteiger partial charge in [0.05, 0.1) is 12.7 Å². The van der Waals surface area contributed by atoms with Gasteiger partial charge in [0, 0.05) is 12.6 Å². The fourth-order valence-corrected chi connectivity index (χ4v) is 2.57. The van der Waals surface area contributed by atoms with Crippen LogP contribution >= 0.6 is 0 Å². The summed E-state index contributed by atoms with van der Waals surface area (Å²) in [7, 11) is 0. The minimum atomic E-state index is 0.235. The molecule has 2 heteroatoms. The molecule has 0 radical (unpaired) electrons. The molecule has 2 nitrogen and oxygen atoms in total. The van der Waals surface area contributed by atoms with Gasteiger partial charge < -0.3 is 10.1 Å². The molecule has 2 unspecified atom stereocenters. The molecule has 2 atom stereocenters. The highest BCUT2D eigenvalue weighted by atomic mass is 16.5. The SMILES string of the molecule is CCCCC(C)NCC1OCCc2ccccc21. The van der Waals surface area contributed by atoms with Crippen LogP contribution in [0.5, 0.6) is 0 Å². The molecule has 0 saturated carbocycles. The van der Waals surface area contributed by atoms with Crippen LogP contribution in [0.15, 0.2) is 24.3 Å². The molecule has 2 rings (SSSR count). The van der Waals surface area contributed by atoms with E-state index in [9.17, 15) is 0 Å². The normalized spacial score (nSPS) is 20.4. The highest BCUT2D eigenvalue weighted by molar-refractivity contribution is 5.31. The number of rotatable bonds is 6. The monoisotopic (exact) mass is 247 g/mol. The van der Waals surface area contributed by atoms with Crippen molar-refractivity contribution in [1.82, 2.24) is 5.32 Å². The number of hydrogen-bond donors (Lipinski definition) is 1. The first-order valence-electron chi connectivity index (χ1n) is 7.24. The summed E-state index contributed by atoms with van der Waals surface area (Å²) in [5.41, 5.74) is 2.83. The van der Waals surface area contributed by atoms with Crippen molar-refractivity contribution < 1.29 is 4.74 Å². The molecule has 1 aliphatic heterocycles. The minimum absolute atomic E-state index is 0.235. The number of unbranched alkanes of at least 4 members (excludes halogenated alkanes) is 1. The first kappa shape index (κ1) is 13.6. The Bertz CT molecular complexity index is 364. The zero-order chi connectivity index (χ0) is 12.8. The van der Waals surface area contributed by atoms with E-state index in [1.165, 1.54) is 30.4 Å². The molecule has 100 valence electrons. The lowest BCUT2D eigenvalue weighted by Gasteiger charge is -2.27. The molecule has 0 aliphatic carbocycles. The van der Waals surface area contributed by atoms with Crippen LogP contribution in [0.3, 0.4) is 0 Å². The molecule has 0 spiro atoms. The van der Waals surface area contributed by atoms with Crippen molar-refractivity contribution in [2.75, 3.05) is 13.2 Å². The molecule has 0 bridgehead atoms. The van der Waals surface area contributed by atoms with E-state index in [1.54, 1.807) is 0 Å². The molecule has 1 N–H and O–H groups in total. The lowest BCUT2D eigenvalue weighted by molar-refractivity contribution is 0.0408. The number of fused-ring (bicyclic) bond motifs is 1. The van der Waals surface area contributed by atoms with Gasteiger partial charge in [0.1, 0.15) is 0 Å². The summed E-state index contributed by atoms with van der Waals surface area (Å²) < 4.78 is 5.90. The summed E-state index contributed by atoms with van der Waals surface area (Å²) in [6.07, 6.45) is 5.12. The molecule has 1 heterocycles. The Hall–Kier alpha value is -0.860. The van der Waals surface area contributed by atoms with Crippen molar-refractivity contribution in [2.24, 2.45) is 0 Å². The molecule has 1 aliphatic rings. The van der Waals surface area contributed by atoms with Crippen LogP contribution in [0.25, 0.3) is 0 Å². The fraction of sp³-hybridized carbons (Fsp3) is 0.625. The van der Waals surface area contributed by atoms with Crippen LogP contribution in [0.2, 0.25) is 0 Å². The van der Waals surface area contributed by atoms with E-state index in [0.29, 0.717) is 6.04 Å². The Balaban J connectivity index is 1.87. The van der Waals surface area contributed by atoms with Gasteiger partial charge in [0.25, 0.3) is 0 Å². The van der Waals surface area contributed by atoms with Gasteiger partial charge in [-0.05, 0) is 30.9 Å².